The van der Waals surface area contributed by atoms with Crippen molar-refractivity contribution in [3.63, 3.8) is 0 Å². The Bertz CT molecular complexity index is 655. The number of piperidine rings is 1. The van der Waals surface area contributed by atoms with Crippen molar-refractivity contribution in [2.24, 2.45) is 0 Å². The maximum absolute atomic E-state index is 12.5. The van der Waals surface area contributed by atoms with Crippen LogP contribution >= 0.6 is 11.6 Å². The normalized spacial score (nSPS) is 16.8. The maximum atomic E-state index is 12.5. The van der Waals surface area contributed by atoms with E-state index in [1.807, 2.05) is 13.0 Å². The molecule has 1 aromatic carbocycles. The van der Waals surface area contributed by atoms with Gasteiger partial charge in [0.05, 0.1) is 10.6 Å². The van der Waals surface area contributed by atoms with Gasteiger partial charge in [-0.25, -0.2) is 4.72 Å². The van der Waals surface area contributed by atoms with E-state index < -0.39 is 10.2 Å². The van der Waals surface area contributed by atoms with Gasteiger partial charge in [0.1, 0.15) is 0 Å². The standard InChI is InChI=1S/C14H20ClN3O3S/c1-10-3-4-12(13(15)9-10)14(19)18-7-5-11(6-8-18)17-22(20,21)16-2/h3-4,9,11,16-17H,5-8H2,1-2H3. The molecule has 122 valence electrons. The molecule has 8 heteroatoms. The number of nitrogens with zero attached hydrogens (tertiary/aromatic N) is 1. The van der Waals surface area contributed by atoms with Gasteiger partial charge >= 0.3 is 0 Å². The largest absolute Gasteiger partial charge is 0.338 e. The van der Waals surface area contributed by atoms with Crippen LogP contribution in [-0.4, -0.2) is 45.4 Å². The lowest BCUT2D eigenvalue weighted by Crippen LogP contribution is -2.48. The minimum Gasteiger partial charge on any atom is -0.338 e. The molecule has 0 atom stereocenters. The third-order valence-electron chi connectivity index (χ3n) is 3.73. The third kappa shape index (κ3) is 4.19. The van der Waals surface area contributed by atoms with Crippen LogP contribution in [0.2, 0.25) is 5.02 Å². The van der Waals surface area contributed by atoms with Crippen molar-refractivity contribution in [1.29, 1.82) is 0 Å². The van der Waals surface area contributed by atoms with Crippen LogP contribution in [0.4, 0.5) is 0 Å². The van der Waals surface area contributed by atoms with E-state index in [1.165, 1.54) is 7.05 Å². The average Bonchev–Trinajstić information content (AvgIpc) is 2.47. The van der Waals surface area contributed by atoms with Gasteiger partial charge in [0, 0.05) is 26.2 Å². The van der Waals surface area contributed by atoms with Crippen molar-refractivity contribution in [3.05, 3.63) is 34.3 Å². The molecule has 1 aliphatic rings. The van der Waals surface area contributed by atoms with Crippen LogP contribution in [0.25, 0.3) is 0 Å². The Morgan fingerprint density at radius 1 is 1.32 bits per heavy atom. The molecule has 1 fully saturated rings. The fourth-order valence-electron chi connectivity index (χ4n) is 2.44. The first-order chi connectivity index (χ1) is 10.3. The van der Waals surface area contributed by atoms with Crippen molar-refractivity contribution in [3.8, 4) is 0 Å². The van der Waals surface area contributed by atoms with Crippen LogP contribution in [0, 0.1) is 6.92 Å². The lowest BCUT2D eigenvalue weighted by Gasteiger charge is -2.32. The van der Waals surface area contributed by atoms with Gasteiger partial charge in [-0.1, -0.05) is 17.7 Å². The number of hydrogen-bond donors (Lipinski definition) is 2. The molecule has 0 unspecified atom stereocenters. The predicted octanol–water partition coefficient (Wildman–Crippen LogP) is 1.31. The summed E-state index contributed by atoms with van der Waals surface area (Å²) in [6.07, 6.45) is 1.16. The lowest BCUT2D eigenvalue weighted by atomic mass is 10.0. The summed E-state index contributed by atoms with van der Waals surface area (Å²) in [6, 6.07) is 5.20. The van der Waals surface area contributed by atoms with Crippen LogP contribution in [-0.2, 0) is 10.2 Å². The number of halogens is 1. The molecule has 0 aliphatic carbocycles. The SMILES string of the molecule is CNS(=O)(=O)NC1CCN(C(=O)c2ccc(C)cc2Cl)CC1. The Kier molecular flexibility index (Phi) is 5.44. The van der Waals surface area contributed by atoms with Gasteiger partial charge in [-0.3, -0.25) is 4.79 Å². The number of carbonyl (C=O) groups is 1. The van der Waals surface area contributed by atoms with Crippen LogP contribution < -0.4 is 9.44 Å². The molecule has 0 saturated carbocycles. The number of nitrogens with one attached hydrogen (secondary N) is 2. The zero-order chi connectivity index (χ0) is 16.3. The van der Waals surface area contributed by atoms with E-state index >= 15 is 0 Å². The quantitative estimate of drug-likeness (QED) is 0.863. The number of hydrogen-bond acceptors (Lipinski definition) is 3. The number of aryl methyl sites for hydroxylation is 1. The maximum Gasteiger partial charge on any atom is 0.276 e. The summed E-state index contributed by atoms with van der Waals surface area (Å²) in [7, 11) is -2.08. The summed E-state index contributed by atoms with van der Waals surface area (Å²) in [5.41, 5.74) is 1.49. The molecule has 1 amide bonds. The van der Waals surface area contributed by atoms with E-state index in [-0.39, 0.29) is 11.9 Å². The highest BCUT2D eigenvalue weighted by molar-refractivity contribution is 7.87. The molecule has 0 radical (unpaired) electrons. The monoisotopic (exact) mass is 345 g/mol. The summed E-state index contributed by atoms with van der Waals surface area (Å²) >= 11 is 6.13. The molecule has 0 bridgehead atoms. The van der Waals surface area contributed by atoms with Gasteiger partial charge in [-0.2, -0.15) is 13.1 Å². The Morgan fingerprint density at radius 3 is 2.50 bits per heavy atom. The van der Waals surface area contributed by atoms with E-state index in [0.717, 1.165) is 5.56 Å². The minimum absolute atomic E-state index is 0.111. The average molecular weight is 346 g/mol. The van der Waals surface area contributed by atoms with Crippen molar-refractivity contribution in [2.45, 2.75) is 25.8 Å². The lowest BCUT2D eigenvalue weighted by molar-refractivity contribution is 0.0711. The van der Waals surface area contributed by atoms with Gasteiger partial charge in [-0.05, 0) is 37.5 Å². The van der Waals surface area contributed by atoms with Crippen molar-refractivity contribution >= 4 is 27.7 Å². The smallest absolute Gasteiger partial charge is 0.276 e. The second kappa shape index (κ2) is 6.95. The zero-order valence-corrected chi connectivity index (χ0v) is 14.2. The first kappa shape index (κ1) is 17.2. The van der Waals surface area contributed by atoms with E-state index in [9.17, 15) is 13.2 Å². The van der Waals surface area contributed by atoms with Gasteiger partial charge in [0.25, 0.3) is 16.1 Å². The number of benzene rings is 1. The zero-order valence-electron chi connectivity index (χ0n) is 12.6. The van der Waals surface area contributed by atoms with Crippen LogP contribution in [0.1, 0.15) is 28.8 Å². The van der Waals surface area contributed by atoms with Crippen LogP contribution in [0.3, 0.4) is 0 Å². The molecule has 22 heavy (non-hydrogen) atoms. The Morgan fingerprint density at radius 2 is 1.95 bits per heavy atom. The second-order valence-corrected chi connectivity index (χ2v) is 7.43. The molecular weight excluding hydrogens is 326 g/mol. The van der Waals surface area contributed by atoms with Crippen molar-refractivity contribution in [2.75, 3.05) is 20.1 Å². The van der Waals surface area contributed by atoms with Gasteiger partial charge < -0.3 is 4.90 Å². The summed E-state index contributed by atoms with van der Waals surface area (Å²) in [6.45, 7) is 2.92. The summed E-state index contributed by atoms with van der Waals surface area (Å²) in [4.78, 5) is 14.2. The number of likely N-dealkylation sites (tertiary alicyclic amines) is 1. The van der Waals surface area contributed by atoms with Gasteiger partial charge in [0.2, 0.25) is 0 Å². The Labute approximate surface area is 136 Å². The van der Waals surface area contributed by atoms with Gasteiger partial charge in [0.15, 0.2) is 0 Å². The van der Waals surface area contributed by atoms with E-state index in [1.54, 1.807) is 17.0 Å². The summed E-state index contributed by atoms with van der Waals surface area (Å²) < 4.78 is 27.7. The second-order valence-electron chi connectivity index (χ2n) is 5.38. The predicted molar refractivity (Wildman–Crippen MR) is 86.2 cm³/mol. The summed E-state index contributed by atoms with van der Waals surface area (Å²) in [5.74, 6) is -0.111. The highest BCUT2D eigenvalue weighted by Crippen LogP contribution is 2.21. The molecule has 1 aliphatic heterocycles. The molecular formula is C14H20ClN3O3S. The molecule has 1 aromatic rings. The van der Waals surface area contributed by atoms with Crippen LogP contribution in [0.15, 0.2) is 18.2 Å². The van der Waals surface area contributed by atoms with E-state index in [0.29, 0.717) is 36.5 Å². The first-order valence-corrected chi connectivity index (χ1v) is 8.95. The van der Waals surface area contributed by atoms with E-state index in [2.05, 4.69) is 9.44 Å². The highest BCUT2D eigenvalue weighted by atomic mass is 35.5. The van der Waals surface area contributed by atoms with Crippen LogP contribution in [0.5, 0.6) is 0 Å². The molecule has 6 nitrogen and oxygen atoms in total. The molecule has 2 N–H and O–H groups in total. The number of carbonyl (C=O) groups excluding carboxylic acids is 1. The van der Waals surface area contributed by atoms with Crippen molar-refractivity contribution in [1.82, 2.24) is 14.3 Å². The highest BCUT2D eigenvalue weighted by Gasteiger charge is 2.26. The minimum atomic E-state index is -3.45. The van der Waals surface area contributed by atoms with E-state index in [4.69, 9.17) is 11.6 Å². The molecule has 1 heterocycles. The number of amides is 1. The molecule has 0 aromatic heterocycles. The Hall–Kier alpha value is -1.15. The molecule has 1 saturated heterocycles. The third-order valence-corrected chi connectivity index (χ3v) is 5.22. The fraction of sp³-hybridized carbons (Fsp3) is 0.500. The van der Waals surface area contributed by atoms with Gasteiger partial charge in [-0.15, -0.1) is 0 Å². The first-order valence-electron chi connectivity index (χ1n) is 7.08. The molecule has 0 spiro atoms. The fourth-order valence-corrected chi connectivity index (χ4v) is 3.55. The number of rotatable bonds is 4. The summed E-state index contributed by atoms with van der Waals surface area (Å²) in [5, 5.41) is 0.447. The Balaban J connectivity index is 1.98. The van der Waals surface area contributed by atoms with Crippen molar-refractivity contribution < 1.29 is 13.2 Å². The molecule has 2 rings (SSSR count). The topological polar surface area (TPSA) is 78.5 Å².